The lowest BCUT2D eigenvalue weighted by molar-refractivity contribution is 0.309. The lowest BCUT2D eigenvalue weighted by Crippen LogP contribution is -1.96. The van der Waals surface area contributed by atoms with Gasteiger partial charge in [-0.25, -0.2) is 0 Å². The van der Waals surface area contributed by atoms with Crippen molar-refractivity contribution >= 4 is 5.69 Å². The molecule has 0 saturated heterocycles. The Kier molecular flexibility index (Phi) is 4.67. The largest absolute Gasteiger partial charge is 0.494 e. The molecule has 0 atom stereocenters. The molecule has 0 aliphatic carbocycles. The zero-order valence-electron chi connectivity index (χ0n) is 11.1. The Morgan fingerprint density at radius 2 is 1.37 bits per heavy atom. The van der Waals surface area contributed by atoms with E-state index in [1.54, 1.807) is 0 Å². The highest BCUT2D eigenvalue weighted by Gasteiger charge is 1.98. The van der Waals surface area contributed by atoms with Gasteiger partial charge in [0.25, 0.3) is 0 Å². The van der Waals surface area contributed by atoms with Crippen LogP contribution in [0.15, 0.2) is 48.5 Å². The first kappa shape index (κ1) is 13.3. The summed E-state index contributed by atoms with van der Waals surface area (Å²) >= 11 is 0. The lowest BCUT2D eigenvalue weighted by Gasteiger charge is -2.08. The van der Waals surface area contributed by atoms with Gasteiger partial charge in [-0.2, -0.15) is 0 Å². The van der Waals surface area contributed by atoms with Gasteiger partial charge in [0, 0.05) is 5.69 Å². The minimum atomic E-state index is 0.729. The number of hydrogen-bond donors (Lipinski definition) is 1. The van der Waals surface area contributed by atoms with Gasteiger partial charge in [0.05, 0.1) is 6.61 Å². The van der Waals surface area contributed by atoms with E-state index < -0.39 is 0 Å². The highest BCUT2D eigenvalue weighted by molar-refractivity contribution is 5.43. The maximum Gasteiger partial charge on any atom is 0.127 e. The molecule has 0 aliphatic rings. The molecule has 0 heterocycles. The molecule has 0 fully saturated rings. The highest BCUT2D eigenvalue weighted by atomic mass is 16.5. The number of unbranched alkanes of at least 4 members (excludes halogenated alkanes) is 1. The van der Waals surface area contributed by atoms with Gasteiger partial charge in [0.15, 0.2) is 0 Å². The zero-order valence-corrected chi connectivity index (χ0v) is 11.1. The number of ether oxygens (including phenoxy) is 2. The van der Waals surface area contributed by atoms with Gasteiger partial charge in [0.1, 0.15) is 17.2 Å². The van der Waals surface area contributed by atoms with Crippen molar-refractivity contribution in [1.82, 2.24) is 0 Å². The number of rotatable bonds is 6. The molecule has 2 aromatic carbocycles. The maximum absolute atomic E-state index is 5.70. The molecule has 0 aliphatic heterocycles. The van der Waals surface area contributed by atoms with E-state index in [-0.39, 0.29) is 0 Å². The first-order valence-electron chi connectivity index (χ1n) is 6.54. The minimum Gasteiger partial charge on any atom is -0.494 e. The smallest absolute Gasteiger partial charge is 0.127 e. The van der Waals surface area contributed by atoms with Gasteiger partial charge in [-0.3, -0.25) is 0 Å². The predicted molar refractivity (Wildman–Crippen MR) is 77.8 cm³/mol. The van der Waals surface area contributed by atoms with Gasteiger partial charge in [-0.1, -0.05) is 13.3 Å². The minimum absolute atomic E-state index is 0.729. The quantitative estimate of drug-likeness (QED) is 0.621. The molecular formula is C16H19NO2. The van der Waals surface area contributed by atoms with Crippen molar-refractivity contribution in [1.29, 1.82) is 0 Å². The van der Waals surface area contributed by atoms with Crippen LogP contribution in [0.25, 0.3) is 0 Å². The van der Waals surface area contributed by atoms with Crippen LogP contribution in [-0.4, -0.2) is 6.61 Å². The standard InChI is InChI=1S/C16H19NO2/c1-2-3-12-18-14-8-10-16(11-9-14)19-15-6-4-13(17)5-7-15/h4-11H,2-3,12,17H2,1H3. The summed E-state index contributed by atoms with van der Waals surface area (Å²) in [5, 5.41) is 0. The number of benzene rings is 2. The van der Waals surface area contributed by atoms with E-state index in [1.165, 1.54) is 0 Å². The van der Waals surface area contributed by atoms with Crippen LogP contribution in [-0.2, 0) is 0 Å². The van der Waals surface area contributed by atoms with Crippen molar-refractivity contribution in [3.8, 4) is 17.2 Å². The molecule has 3 heteroatoms. The fourth-order valence-electron chi connectivity index (χ4n) is 1.61. The Balaban J connectivity index is 1.92. The summed E-state index contributed by atoms with van der Waals surface area (Å²) in [6.45, 7) is 2.90. The van der Waals surface area contributed by atoms with Crippen molar-refractivity contribution < 1.29 is 9.47 Å². The molecule has 0 bridgehead atoms. The summed E-state index contributed by atoms with van der Waals surface area (Å²) < 4.78 is 11.3. The topological polar surface area (TPSA) is 44.5 Å². The second-order valence-electron chi connectivity index (χ2n) is 4.34. The summed E-state index contributed by atoms with van der Waals surface area (Å²) in [5.74, 6) is 2.43. The SMILES string of the molecule is CCCCOc1ccc(Oc2ccc(N)cc2)cc1. The molecule has 0 aromatic heterocycles. The number of anilines is 1. The predicted octanol–water partition coefficient (Wildman–Crippen LogP) is 4.24. The van der Waals surface area contributed by atoms with Crippen LogP contribution in [0.1, 0.15) is 19.8 Å². The van der Waals surface area contributed by atoms with Crippen LogP contribution in [0.2, 0.25) is 0 Å². The molecule has 19 heavy (non-hydrogen) atoms. The Morgan fingerprint density at radius 1 is 0.842 bits per heavy atom. The zero-order chi connectivity index (χ0) is 13.5. The molecule has 2 aromatic rings. The normalized spacial score (nSPS) is 10.2. The third kappa shape index (κ3) is 4.21. The van der Waals surface area contributed by atoms with E-state index in [9.17, 15) is 0 Å². The van der Waals surface area contributed by atoms with Gasteiger partial charge in [-0.15, -0.1) is 0 Å². The van der Waals surface area contributed by atoms with E-state index in [0.717, 1.165) is 42.4 Å². The van der Waals surface area contributed by atoms with Gasteiger partial charge in [-0.05, 0) is 55.0 Å². The van der Waals surface area contributed by atoms with Crippen LogP contribution in [0, 0.1) is 0 Å². The molecule has 0 unspecified atom stereocenters. The Hall–Kier alpha value is -2.16. The molecule has 100 valence electrons. The third-order valence-corrected chi connectivity index (χ3v) is 2.71. The fraction of sp³-hybridized carbons (Fsp3) is 0.250. The van der Waals surface area contributed by atoms with E-state index in [0.29, 0.717) is 0 Å². The van der Waals surface area contributed by atoms with Crippen LogP contribution in [0.4, 0.5) is 5.69 Å². The molecular weight excluding hydrogens is 238 g/mol. The summed E-state index contributed by atoms with van der Waals surface area (Å²) in [4.78, 5) is 0. The molecule has 0 saturated carbocycles. The van der Waals surface area contributed by atoms with Crippen molar-refractivity contribution in [2.24, 2.45) is 0 Å². The average Bonchev–Trinajstić information content (AvgIpc) is 2.44. The van der Waals surface area contributed by atoms with Crippen molar-refractivity contribution in [2.45, 2.75) is 19.8 Å². The Labute approximate surface area is 114 Å². The molecule has 0 amide bonds. The van der Waals surface area contributed by atoms with Crippen molar-refractivity contribution in [3.05, 3.63) is 48.5 Å². The van der Waals surface area contributed by atoms with E-state index in [4.69, 9.17) is 15.2 Å². The summed E-state index contributed by atoms with van der Waals surface area (Å²) in [5.41, 5.74) is 6.35. The molecule has 2 N–H and O–H groups in total. The summed E-state index contributed by atoms with van der Waals surface area (Å²) in [6.07, 6.45) is 2.21. The van der Waals surface area contributed by atoms with E-state index >= 15 is 0 Å². The first-order valence-corrected chi connectivity index (χ1v) is 6.54. The first-order chi connectivity index (χ1) is 9.28. The molecule has 0 spiro atoms. The van der Waals surface area contributed by atoms with Crippen molar-refractivity contribution in [2.75, 3.05) is 12.3 Å². The van der Waals surface area contributed by atoms with Crippen LogP contribution < -0.4 is 15.2 Å². The van der Waals surface area contributed by atoms with Gasteiger partial charge < -0.3 is 15.2 Å². The molecule has 0 radical (unpaired) electrons. The number of nitrogen functional groups attached to an aromatic ring is 1. The van der Waals surface area contributed by atoms with Crippen LogP contribution in [0.5, 0.6) is 17.2 Å². The van der Waals surface area contributed by atoms with E-state index in [1.807, 2.05) is 48.5 Å². The molecule has 3 nitrogen and oxygen atoms in total. The lowest BCUT2D eigenvalue weighted by atomic mass is 10.3. The number of nitrogens with two attached hydrogens (primary N) is 1. The third-order valence-electron chi connectivity index (χ3n) is 2.71. The average molecular weight is 257 g/mol. The summed E-state index contributed by atoms with van der Waals surface area (Å²) in [6, 6.07) is 15.0. The van der Waals surface area contributed by atoms with Crippen LogP contribution >= 0.6 is 0 Å². The fourth-order valence-corrected chi connectivity index (χ4v) is 1.61. The van der Waals surface area contributed by atoms with E-state index in [2.05, 4.69) is 6.92 Å². The monoisotopic (exact) mass is 257 g/mol. The van der Waals surface area contributed by atoms with Gasteiger partial charge in [0.2, 0.25) is 0 Å². The second kappa shape index (κ2) is 6.69. The van der Waals surface area contributed by atoms with Crippen molar-refractivity contribution in [3.63, 3.8) is 0 Å². The van der Waals surface area contributed by atoms with Gasteiger partial charge >= 0.3 is 0 Å². The Bertz CT molecular complexity index is 491. The highest BCUT2D eigenvalue weighted by Crippen LogP contribution is 2.24. The second-order valence-corrected chi connectivity index (χ2v) is 4.34. The summed E-state index contributed by atoms with van der Waals surface area (Å²) in [7, 11) is 0. The van der Waals surface area contributed by atoms with Crippen LogP contribution in [0.3, 0.4) is 0 Å². The molecule has 2 rings (SSSR count). The maximum atomic E-state index is 5.70. The number of hydrogen-bond acceptors (Lipinski definition) is 3. The Morgan fingerprint density at radius 3 is 1.95 bits per heavy atom.